The lowest BCUT2D eigenvalue weighted by molar-refractivity contribution is -0.141. The van der Waals surface area contributed by atoms with Crippen molar-refractivity contribution in [3.63, 3.8) is 0 Å². The van der Waals surface area contributed by atoms with Crippen molar-refractivity contribution in [3.8, 4) is 11.1 Å². The van der Waals surface area contributed by atoms with Crippen LogP contribution in [0.15, 0.2) is 52.3 Å². The van der Waals surface area contributed by atoms with E-state index in [-0.39, 0.29) is 18.6 Å². The van der Waals surface area contributed by atoms with Gasteiger partial charge in [-0.3, -0.25) is 23.7 Å². The van der Waals surface area contributed by atoms with Crippen LogP contribution in [0.3, 0.4) is 0 Å². The Bertz CT molecular complexity index is 1820. The number of aromatic nitrogens is 3. The Hall–Kier alpha value is -3.68. The Morgan fingerprint density at radius 2 is 1.95 bits per heavy atom. The van der Waals surface area contributed by atoms with Crippen molar-refractivity contribution >= 4 is 45.3 Å². The van der Waals surface area contributed by atoms with E-state index in [9.17, 15) is 22.8 Å². The van der Waals surface area contributed by atoms with E-state index in [0.29, 0.717) is 26.0 Å². The number of nitrogens with one attached hydrogen (secondary N) is 1. The van der Waals surface area contributed by atoms with Crippen LogP contribution in [0.1, 0.15) is 37.1 Å². The summed E-state index contributed by atoms with van der Waals surface area (Å²) in [6, 6.07) is 9.09. The highest BCUT2D eigenvalue weighted by molar-refractivity contribution is 7.19. The van der Waals surface area contributed by atoms with Crippen LogP contribution in [0.5, 0.6) is 0 Å². The fourth-order valence-electron chi connectivity index (χ4n) is 6.10. The van der Waals surface area contributed by atoms with Crippen LogP contribution in [0.2, 0.25) is 5.02 Å². The van der Waals surface area contributed by atoms with E-state index in [2.05, 4.69) is 29.0 Å². The Morgan fingerprint density at radius 1 is 1.20 bits per heavy atom. The highest BCUT2D eigenvalue weighted by Gasteiger charge is 2.37. The molecule has 1 aromatic carbocycles. The Balaban J connectivity index is 0.00000123. The summed E-state index contributed by atoms with van der Waals surface area (Å²) in [5.41, 5.74) is 3.38. The molecule has 0 spiro atoms. The molecule has 1 fully saturated rings. The quantitative estimate of drug-likeness (QED) is 0.288. The van der Waals surface area contributed by atoms with Crippen molar-refractivity contribution < 1.29 is 23.1 Å². The summed E-state index contributed by atoms with van der Waals surface area (Å²) in [4.78, 5) is 41.3. The van der Waals surface area contributed by atoms with Gasteiger partial charge in [0.2, 0.25) is 0 Å². The molecule has 234 valence electrons. The monoisotopic (exact) mass is 649 g/mol. The van der Waals surface area contributed by atoms with Crippen molar-refractivity contribution in [3.05, 3.63) is 79.0 Å². The second-order valence-corrected chi connectivity index (χ2v) is 13.1. The Labute approximate surface area is 259 Å². The third-order valence-corrected chi connectivity index (χ3v) is 9.21. The Kier molecular flexibility index (Phi) is 8.92. The van der Waals surface area contributed by atoms with Gasteiger partial charge in [0.15, 0.2) is 0 Å². The van der Waals surface area contributed by atoms with E-state index in [4.69, 9.17) is 21.5 Å². The van der Waals surface area contributed by atoms with Gasteiger partial charge >= 0.3 is 11.9 Å². The molecule has 6 rings (SSSR count). The van der Waals surface area contributed by atoms with Crippen molar-refractivity contribution in [1.82, 2.24) is 19.4 Å². The molecule has 0 bridgehead atoms. The van der Waals surface area contributed by atoms with Crippen molar-refractivity contribution in [1.29, 1.82) is 0 Å². The zero-order valence-electron chi connectivity index (χ0n) is 24.0. The number of benzene rings is 1. The molecule has 0 amide bonds. The number of pyridine rings is 1. The first-order valence-electron chi connectivity index (χ1n) is 14.0. The number of halogens is 4. The first-order valence-corrected chi connectivity index (χ1v) is 15.2. The molecular formula is C30H31ClF3N5O4S. The highest BCUT2D eigenvalue weighted by atomic mass is 35.5. The Morgan fingerprint density at radius 3 is 2.64 bits per heavy atom. The molecule has 2 aliphatic heterocycles. The minimum atomic E-state index is -4.59. The first kappa shape index (κ1) is 31.7. The van der Waals surface area contributed by atoms with Crippen molar-refractivity contribution in [2.75, 3.05) is 18.0 Å². The molecule has 14 heteroatoms. The number of thiophene rings is 1. The average Bonchev–Trinajstić information content (AvgIpc) is 3.53. The molecule has 0 saturated carbocycles. The van der Waals surface area contributed by atoms with Gasteiger partial charge in [-0.05, 0) is 62.9 Å². The molecular weight excluding hydrogens is 619 g/mol. The molecule has 1 atom stereocenters. The average molecular weight is 650 g/mol. The van der Waals surface area contributed by atoms with Crippen LogP contribution in [-0.2, 0) is 24.3 Å². The zero-order valence-corrected chi connectivity index (χ0v) is 25.6. The van der Waals surface area contributed by atoms with Gasteiger partial charge < -0.3 is 15.3 Å². The highest BCUT2D eigenvalue weighted by Crippen LogP contribution is 2.45. The summed E-state index contributed by atoms with van der Waals surface area (Å²) in [5, 5.41) is 11.2. The maximum Gasteiger partial charge on any atom is 0.406 e. The van der Waals surface area contributed by atoms with Gasteiger partial charge in [-0.15, -0.1) is 11.3 Å². The summed E-state index contributed by atoms with van der Waals surface area (Å²) < 4.78 is 41.1. The van der Waals surface area contributed by atoms with Crippen molar-refractivity contribution in [2.45, 2.75) is 64.0 Å². The number of rotatable bonds is 5. The van der Waals surface area contributed by atoms with Gasteiger partial charge in [0.1, 0.15) is 6.54 Å². The van der Waals surface area contributed by atoms with E-state index >= 15 is 0 Å². The van der Waals surface area contributed by atoms with Crippen LogP contribution in [0.4, 0.5) is 18.9 Å². The number of carbonyl (C=O) groups is 1. The SMILES string of the molecule is CC1(C)C[C@H](N2CCCc3cc(Cl)cc(-c4ccnc5cc(Cn6c(=O)ccn(CC(F)(F)F)c6=O)sc45)c32)CN1.O=CO. The largest absolute Gasteiger partial charge is 0.483 e. The predicted octanol–water partition coefficient (Wildman–Crippen LogP) is 5.14. The zero-order chi connectivity index (χ0) is 31.8. The van der Waals surface area contributed by atoms with Crippen LogP contribution >= 0.6 is 22.9 Å². The van der Waals surface area contributed by atoms with Crippen LogP contribution < -0.4 is 21.5 Å². The van der Waals surface area contributed by atoms with E-state index < -0.39 is 24.0 Å². The molecule has 0 unspecified atom stereocenters. The lowest BCUT2D eigenvalue weighted by Gasteiger charge is -2.38. The molecule has 0 aliphatic carbocycles. The summed E-state index contributed by atoms with van der Waals surface area (Å²) in [5.74, 6) is 0. The molecule has 0 radical (unpaired) electrons. The lowest BCUT2D eigenvalue weighted by atomic mass is 9.91. The van der Waals surface area contributed by atoms with E-state index in [0.717, 1.165) is 65.0 Å². The number of carboxylic acid groups (broad SMARTS) is 1. The maximum atomic E-state index is 13.0. The smallest absolute Gasteiger partial charge is 0.406 e. The fourth-order valence-corrected chi connectivity index (χ4v) is 7.48. The second kappa shape index (κ2) is 12.4. The van der Waals surface area contributed by atoms with Gasteiger partial charge in [-0.1, -0.05) is 11.6 Å². The van der Waals surface area contributed by atoms with Crippen LogP contribution in [-0.4, -0.2) is 56.5 Å². The molecule has 2 aliphatic rings. The minimum Gasteiger partial charge on any atom is -0.483 e. The summed E-state index contributed by atoms with van der Waals surface area (Å²) in [6.45, 7) is 4.40. The van der Waals surface area contributed by atoms with Crippen LogP contribution in [0.25, 0.3) is 21.3 Å². The summed E-state index contributed by atoms with van der Waals surface area (Å²) >= 11 is 8.02. The summed E-state index contributed by atoms with van der Waals surface area (Å²) in [7, 11) is 0. The fraction of sp³-hybridized carbons (Fsp3) is 0.400. The van der Waals surface area contributed by atoms with Crippen molar-refractivity contribution in [2.24, 2.45) is 0 Å². The first-order chi connectivity index (χ1) is 20.8. The number of alkyl halides is 3. The molecule has 4 aromatic rings. The molecule has 5 heterocycles. The van der Waals surface area contributed by atoms with E-state index in [1.54, 1.807) is 12.3 Å². The summed E-state index contributed by atoms with van der Waals surface area (Å²) in [6.07, 6.45) is 0.996. The third kappa shape index (κ3) is 6.69. The second-order valence-electron chi connectivity index (χ2n) is 11.5. The number of nitrogens with zero attached hydrogens (tertiary/aromatic N) is 4. The maximum absolute atomic E-state index is 13.0. The molecule has 9 nitrogen and oxygen atoms in total. The van der Waals surface area contributed by atoms with Gasteiger partial charge in [0, 0.05) is 69.8 Å². The molecule has 2 N–H and O–H groups in total. The minimum absolute atomic E-state index is 0.0512. The van der Waals surface area contributed by atoms with E-state index in [1.807, 2.05) is 18.2 Å². The molecule has 44 heavy (non-hydrogen) atoms. The van der Waals surface area contributed by atoms with Gasteiger partial charge in [-0.2, -0.15) is 13.2 Å². The number of fused-ring (bicyclic) bond motifs is 2. The van der Waals surface area contributed by atoms with E-state index in [1.165, 1.54) is 22.6 Å². The van der Waals surface area contributed by atoms with Crippen LogP contribution in [0, 0.1) is 0 Å². The topological polar surface area (TPSA) is 109 Å². The number of aryl methyl sites for hydroxylation is 1. The lowest BCUT2D eigenvalue weighted by Crippen LogP contribution is -2.41. The molecule has 3 aromatic heterocycles. The number of anilines is 1. The van der Waals surface area contributed by atoms with Gasteiger partial charge in [-0.25, -0.2) is 4.79 Å². The number of hydrogen-bond donors (Lipinski definition) is 2. The number of hydrogen-bond acceptors (Lipinski definition) is 7. The van der Waals surface area contributed by atoms with Gasteiger partial charge in [0.25, 0.3) is 12.0 Å². The normalized spacial score (nSPS) is 17.7. The molecule has 1 saturated heterocycles. The standard InChI is InChI=1S/C29H29ClF3N5O2S.CH2O2/c1-28(2)13-19(14-35-28)37-8-3-4-17-10-18(30)11-22(25(17)37)21-5-7-34-23-12-20(41-26(21)23)15-38-24(39)6-9-36(27(38)40)16-29(31,32)33;2-1-3/h5-7,9-12,19,35H,3-4,8,13-16H2,1-2H3;1H,(H,2,3)/t19-;/m0./s1. The third-order valence-electron chi connectivity index (χ3n) is 7.85. The predicted molar refractivity (Wildman–Crippen MR) is 165 cm³/mol. The van der Waals surface area contributed by atoms with Gasteiger partial charge in [0.05, 0.1) is 16.8 Å².